The first kappa shape index (κ1) is 17.8. The van der Waals surface area contributed by atoms with Crippen LogP contribution in [0.25, 0.3) is 0 Å². The topological polar surface area (TPSA) is 15.3 Å². The van der Waals surface area contributed by atoms with Crippen LogP contribution in [0.1, 0.15) is 39.2 Å². The van der Waals surface area contributed by atoms with Crippen LogP contribution < -0.4 is 5.32 Å². The van der Waals surface area contributed by atoms with Gasteiger partial charge in [-0.2, -0.15) is 0 Å². The van der Waals surface area contributed by atoms with Crippen molar-refractivity contribution >= 4 is 23.2 Å². The Morgan fingerprint density at radius 1 is 1.20 bits per heavy atom. The van der Waals surface area contributed by atoms with Gasteiger partial charge in [-0.05, 0) is 63.2 Å². The van der Waals surface area contributed by atoms with Gasteiger partial charge in [0.15, 0.2) is 0 Å². The third-order valence-electron chi connectivity index (χ3n) is 3.65. The number of nitrogens with one attached hydrogen (secondary N) is 1. The molecule has 0 aliphatic rings. The summed E-state index contributed by atoms with van der Waals surface area (Å²) in [4.78, 5) is 2.46. The molecule has 1 N–H and O–H groups in total. The molecule has 1 aromatic rings. The number of benzene rings is 1. The van der Waals surface area contributed by atoms with Crippen LogP contribution in [0, 0.1) is 0 Å². The van der Waals surface area contributed by atoms with E-state index in [1.165, 1.54) is 19.4 Å². The van der Waals surface area contributed by atoms with E-state index >= 15 is 0 Å². The number of nitrogens with zero attached hydrogens (tertiary/aromatic N) is 1. The molecule has 0 amide bonds. The normalized spacial score (nSPS) is 12.9. The highest BCUT2D eigenvalue weighted by atomic mass is 35.5. The summed E-state index contributed by atoms with van der Waals surface area (Å²) in [5.41, 5.74) is 1.06. The van der Waals surface area contributed by atoms with E-state index in [4.69, 9.17) is 23.2 Å². The fraction of sp³-hybridized carbons (Fsp3) is 0.625. The largest absolute Gasteiger partial charge is 0.310 e. The standard InChI is InChI=1S/C16H26Cl2N2/c1-4-20(5-2)10-6-7-13(3)19-12-14-11-15(17)8-9-16(14)18/h8-9,11,13,19H,4-7,10,12H2,1-3H3. The first-order valence-electron chi connectivity index (χ1n) is 7.46. The molecule has 1 unspecified atom stereocenters. The molecule has 1 aromatic carbocycles. The first-order chi connectivity index (χ1) is 9.56. The summed E-state index contributed by atoms with van der Waals surface area (Å²) in [6.45, 7) is 10.9. The van der Waals surface area contributed by atoms with E-state index in [-0.39, 0.29) is 0 Å². The predicted molar refractivity (Wildman–Crippen MR) is 89.8 cm³/mol. The smallest absolute Gasteiger partial charge is 0.0451 e. The van der Waals surface area contributed by atoms with E-state index in [9.17, 15) is 0 Å². The van der Waals surface area contributed by atoms with E-state index in [2.05, 4.69) is 31.0 Å². The van der Waals surface area contributed by atoms with Gasteiger partial charge >= 0.3 is 0 Å². The zero-order valence-corrected chi connectivity index (χ0v) is 14.3. The van der Waals surface area contributed by atoms with Gasteiger partial charge in [0.25, 0.3) is 0 Å². The van der Waals surface area contributed by atoms with Crippen LogP contribution in [0.4, 0.5) is 0 Å². The fourth-order valence-corrected chi connectivity index (χ4v) is 2.61. The lowest BCUT2D eigenvalue weighted by atomic mass is 10.1. The van der Waals surface area contributed by atoms with Crippen molar-refractivity contribution in [3.05, 3.63) is 33.8 Å². The second kappa shape index (κ2) is 9.62. The van der Waals surface area contributed by atoms with Crippen molar-refractivity contribution in [3.8, 4) is 0 Å². The molecule has 0 aromatic heterocycles. The lowest BCUT2D eigenvalue weighted by Crippen LogP contribution is -2.28. The predicted octanol–water partition coefficient (Wildman–Crippen LogP) is 4.59. The second-order valence-corrected chi connectivity index (χ2v) is 6.03. The Hall–Kier alpha value is -0.280. The Morgan fingerprint density at radius 3 is 2.55 bits per heavy atom. The van der Waals surface area contributed by atoms with Gasteiger partial charge in [0.05, 0.1) is 0 Å². The first-order valence-corrected chi connectivity index (χ1v) is 8.22. The summed E-state index contributed by atoms with van der Waals surface area (Å²) in [6, 6.07) is 6.09. The van der Waals surface area contributed by atoms with Crippen LogP contribution in [-0.4, -0.2) is 30.6 Å². The van der Waals surface area contributed by atoms with Crippen molar-refractivity contribution in [3.63, 3.8) is 0 Å². The Balaban J connectivity index is 2.29. The maximum atomic E-state index is 6.16. The number of halogens is 2. The molecule has 0 fully saturated rings. The van der Waals surface area contributed by atoms with E-state index in [1.807, 2.05) is 18.2 Å². The van der Waals surface area contributed by atoms with E-state index in [0.717, 1.165) is 35.2 Å². The Kier molecular flexibility index (Phi) is 8.55. The molecule has 114 valence electrons. The molecule has 0 aliphatic heterocycles. The third-order valence-corrected chi connectivity index (χ3v) is 4.26. The van der Waals surface area contributed by atoms with E-state index in [0.29, 0.717) is 6.04 Å². The molecule has 0 saturated carbocycles. The summed E-state index contributed by atoms with van der Waals surface area (Å²) in [5, 5.41) is 5.03. The van der Waals surface area contributed by atoms with Gasteiger partial charge in [0, 0.05) is 22.6 Å². The molecule has 20 heavy (non-hydrogen) atoms. The van der Waals surface area contributed by atoms with Crippen LogP contribution in [0.3, 0.4) is 0 Å². The number of rotatable bonds is 9. The fourth-order valence-electron chi connectivity index (χ4n) is 2.23. The third kappa shape index (κ3) is 6.45. The molecule has 4 heteroatoms. The minimum atomic E-state index is 0.487. The Bertz CT molecular complexity index is 392. The minimum Gasteiger partial charge on any atom is -0.310 e. The quantitative estimate of drug-likeness (QED) is 0.716. The van der Waals surface area contributed by atoms with Crippen LogP contribution in [0.5, 0.6) is 0 Å². The highest BCUT2D eigenvalue weighted by Gasteiger charge is 2.06. The molecule has 0 heterocycles. The zero-order valence-electron chi connectivity index (χ0n) is 12.8. The molecule has 0 radical (unpaired) electrons. The molecule has 0 saturated heterocycles. The van der Waals surface area contributed by atoms with Crippen molar-refractivity contribution in [1.29, 1.82) is 0 Å². The molecule has 1 rings (SSSR count). The van der Waals surface area contributed by atoms with Crippen LogP contribution >= 0.6 is 23.2 Å². The minimum absolute atomic E-state index is 0.487. The second-order valence-electron chi connectivity index (χ2n) is 5.19. The average Bonchev–Trinajstić information content (AvgIpc) is 2.44. The van der Waals surface area contributed by atoms with E-state index < -0.39 is 0 Å². The lowest BCUT2D eigenvalue weighted by molar-refractivity contribution is 0.290. The summed E-state index contributed by atoms with van der Waals surface area (Å²) >= 11 is 12.1. The van der Waals surface area contributed by atoms with Crippen LogP contribution in [0.2, 0.25) is 10.0 Å². The van der Waals surface area contributed by atoms with Gasteiger partial charge in [0.2, 0.25) is 0 Å². The summed E-state index contributed by atoms with van der Waals surface area (Å²) in [7, 11) is 0. The molecular formula is C16H26Cl2N2. The molecule has 0 aliphatic carbocycles. The van der Waals surface area contributed by atoms with Crippen LogP contribution in [-0.2, 0) is 6.54 Å². The molecule has 1 atom stereocenters. The Labute approximate surface area is 133 Å². The maximum absolute atomic E-state index is 6.16. The molecule has 0 bridgehead atoms. The monoisotopic (exact) mass is 316 g/mol. The van der Waals surface area contributed by atoms with Crippen molar-refractivity contribution in [2.75, 3.05) is 19.6 Å². The van der Waals surface area contributed by atoms with Gasteiger partial charge < -0.3 is 10.2 Å². The molecule has 0 spiro atoms. The van der Waals surface area contributed by atoms with Gasteiger partial charge in [-0.1, -0.05) is 37.0 Å². The lowest BCUT2D eigenvalue weighted by Gasteiger charge is -2.20. The van der Waals surface area contributed by atoms with Gasteiger partial charge in [-0.25, -0.2) is 0 Å². The van der Waals surface area contributed by atoms with Gasteiger partial charge in [-0.3, -0.25) is 0 Å². The van der Waals surface area contributed by atoms with Crippen molar-refractivity contribution in [2.45, 2.75) is 46.2 Å². The van der Waals surface area contributed by atoms with Crippen molar-refractivity contribution < 1.29 is 0 Å². The van der Waals surface area contributed by atoms with Crippen molar-refractivity contribution in [2.24, 2.45) is 0 Å². The zero-order chi connectivity index (χ0) is 15.0. The van der Waals surface area contributed by atoms with Crippen LogP contribution in [0.15, 0.2) is 18.2 Å². The van der Waals surface area contributed by atoms with E-state index in [1.54, 1.807) is 0 Å². The number of hydrogen-bond acceptors (Lipinski definition) is 2. The van der Waals surface area contributed by atoms with Crippen molar-refractivity contribution in [1.82, 2.24) is 10.2 Å². The highest BCUT2D eigenvalue weighted by Crippen LogP contribution is 2.20. The summed E-state index contributed by atoms with van der Waals surface area (Å²) in [5.74, 6) is 0. The summed E-state index contributed by atoms with van der Waals surface area (Å²) in [6.07, 6.45) is 2.40. The maximum Gasteiger partial charge on any atom is 0.0451 e. The SMILES string of the molecule is CCN(CC)CCCC(C)NCc1cc(Cl)ccc1Cl. The summed E-state index contributed by atoms with van der Waals surface area (Å²) < 4.78 is 0. The number of hydrogen-bond donors (Lipinski definition) is 1. The highest BCUT2D eigenvalue weighted by molar-refractivity contribution is 6.33. The average molecular weight is 317 g/mol. The Morgan fingerprint density at radius 2 is 1.90 bits per heavy atom. The molecular weight excluding hydrogens is 291 g/mol. The van der Waals surface area contributed by atoms with Gasteiger partial charge in [0.1, 0.15) is 0 Å². The molecule has 2 nitrogen and oxygen atoms in total. The van der Waals surface area contributed by atoms with Gasteiger partial charge in [-0.15, -0.1) is 0 Å².